The summed E-state index contributed by atoms with van der Waals surface area (Å²) in [5.41, 5.74) is -0.341. The number of halogens is 2. The molecule has 0 radical (unpaired) electrons. The van der Waals surface area contributed by atoms with Crippen LogP contribution in [0.2, 0.25) is 0 Å². The summed E-state index contributed by atoms with van der Waals surface area (Å²) in [6, 6.07) is 2.35. The molecule has 4 nitrogen and oxygen atoms in total. The maximum absolute atomic E-state index is 13.3. The van der Waals surface area contributed by atoms with Gasteiger partial charge in [-0.1, -0.05) is 13.8 Å². The minimum absolute atomic E-state index is 0.0306. The van der Waals surface area contributed by atoms with Gasteiger partial charge < -0.3 is 15.7 Å². The summed E-state index contributed by atoms with van der Waals surface area (Å²) < 4.78 is 26.0. The number of aliphatic hydroxyl groups is 1. The molecule has 0 spiro atoms. The maximum Gasteiger partial charge on any atom is 0.319 e. The normalized spacial score (nSPS) is 11.2. The summed E-state index contributed by atoms with van der Waals surface area (Å²) >= 11 is 0. The second-order valence-corrected chi connectivity index (χ2v) is 5.07. The van der Waals surface area contributed by atoms with Crippen molar-refractivity contribution in [3.8, 4) is 0 Å². The van der Waals surface area contributed by atoms with Gasteiger partial charge in [-0.3, -0.25) is 0 Å². The largest absolute Gasteiger partial charge is 0.396 e. The topological polar surface area (TPSA) is 61.4 Å². The second kappa shape index (κ2) is 6.47. The quantitative estimate of drug-likeness (QED) is 0.771. The third kappa shape index (κ3) is 5.21. The number of nitrogens with one attached hydrogen (secondary N) is 2. The molecule has 6 heteroatoms. The van der Waals surface area contributed by atoms with E-state index in [9.17, 15) is 13.6 Å². The Bertz CT molecular complexity index is 450. The fourth-order valence-electron chi connectivity index (χ4n) is 1.47. The third-order valence-electron chi connectivity index (χ3n) is 2.70. The Kier molecular flexibility index (Phi) is 5.23. The molecule has 0 heterocycles. The van der Waals surface area contributed by atoms with Crippen LogP contribution in [0.25, 0.3) is 0 Å². The standard InChI is InChI=1S/C13H18F2N2O2/c1-13(2,5-6-18)8-16-12(19)17-11-4-3-9(14)7-10(11)15/h3-4,7,18H,5-6,8H2,1-2H3,(H2,16,17,19). The van der Waals surface area contributed by atoms with E-state index in [1.807, 2.05) is 13.8 Å². The fraction of sp³-hybridized carbons (Fsp3) is 0.462. The molecule has 1 aromatic carbocycles. The zero-order valence-electron chi connectivity index (χ0n) is 11.0. The number of amides is 2. The number of hydrogen-bond acceptors (Lipinski definition) is 2. The Morgan fingerprint density at radius 1 is 1.37 bits per heavy atom. The van der Waals surface area contributed by atoms with Crippen LogP contribution in [-0.2, 0) is 0 Å². The van der Waals surface area contributed by atoms with Crippen LogP contribution in [0, 0.1) is 17.0 Å². The van der Waals surface area contributed by atoms with E-state index in [0.717, 1.165) is 12.1 Å². The number of urea groups is 1. The Labute approximate surface area is 110 Å². The first-order chi connectivity index (χ1) is 8.84. The molecule has 0 saturated carbocycles. The minimum Gasteiger partial charge on any atom is -0.396 e. The van der Waals surface area contributed by atoms with Gasteiger partial charge in [0, 0.05) is 19.2 Å². The van der Waals surface area contributed by atoms with Gasteiger partial charge in [-0.2, -0.15) is 0 Å². The number of aliphatic hydroxyl groups excluding tert-OH is 1. The van der Waals surface area contributed by atoms with Crippen LogP contribution in [0.4, 0.5) is 19.3 Å². The van der Waals surface area contributed by atoms with Gasteiger partial charge in [-0.15, -0.1) is 0 Å². The Morgan fingerprint density at radius 3 is 2.63 bits per heavy atom. The van der Waals surface area contributed by atoms with Gasteiger partial charge in [0.2, 0.25) is 0 Å². The predicted octanol–water partition coefficient (Wildman–Crippen LogP) is 2.49. The fourth-order valence-corrected chi connectivity index (χ4v) is 1.47. The van der Waals surface area contributed by atoms with Crippen LogP contribution in [0.3, 0.4) is 0 Å². The Morgan fingerprint density at radius 2 is 2.05 bits per heavy atom. The third-order valence-corrected chi connectivity index (χ3v) is 2.70. The van der Waals surface area contributed by atoms with Crippen LogP contribution in [-0.4, -0.2) is 24.3 Å². The molecule has 0 aromatic heterocycles. The number of carbonyl (C=O) groups is 1. The van der Waals surface area contributed by atoms with E-state index in [1.54, 1.807) is 0 Å². The van der Waals surface area contributed by atoms with Crippen molar-refractivity contribution in [2.75, 3.05) is 18.5 Å². The van der Waals surface area contributed by atoms with Crippen molar-refractivity contribution in [2.45, 2.75) is 20.3 Å². The molecule has 2 amide bonds. The number of anilines is 1. The summed E-state index contributed by atoms with van der Waals surface area (Å²) in [5, 5.41) is 13.7. The van der Waals surface area contributed by atoms with Crippen LogP contribution in [0.1, 0.15) is 20.3 Å². The van der Waals surface area contributed by atoms with Crippen molar-refractivity contribution in [1.82, 2.24) is 5.32 Å². The molecule has 0 atom stereocenters. The smallest absolute Gasteiger partial charge is 0.319 e. The SMILES string of the molecule is CC(C)(CCO)CNC(=O)Nc1ccc(F)cc1F. The van der Waals surface area contributed by atoms with Crippen LogP contribution < -0.4 is 10.6 Å². The zero-order chi connectivity index (χ0) is 14.5. The average Bonchev–Trinajstić information content (AvgIpc) is 2.30. The molecule has 0 aliphatic carbocycles. The molecule has 3 N–H and O–H groups in total. The Hall–Kier alpha value is -1.69. The highest BCUT2D eigenvalue weighted by atomic mass is 19.1. The molecule has 0 unspecified atom stereocenters. The van der Waals surface area contributed by atoms with Crippen molar-refractivity contribution in [3.63, 3.8) is 0 Å². The molecule has 1 rings (SSSR count). The molecule has 19 heavy (non-hydrogen) atoms. The molecular weight excluding hydrogens is 254 g/mol. The lowest BCUT2D eigenvalue weighted by Gasteiger charge is -2.23. The van der Waals surface area contributed by atoms with E-state index < -0.39 is 17.7 Å². The Balaban J connectivity index is 2.52. The molecule has 0 aliphatic rings. The second-order valence-electron chi connectivity index (χ2n) is 5.07. The first-order valence-electron chi connectivity index (χ1n) is 5.95. The number of hydrogen-bond donors (Lipinski definition) is 3. The molecular formula is C13H18F2N2O2. The van der Waals surface area contributed by atoms with E-state index in [0.29, 0.717) is 19.0 Å². The molecule has 1 aromatic rings. The van der Waals surface area contributed by atoms with E-state index in [1.165, 1.54) is 0 Å². The van der Waals surface area contributed by atoms with E-state index >= 15 is 0 Å². The number of carbonyl (C=O) groups excluding carboxylic acids is 1. The summed E-state index contributed by atoms with van der Waals surface area (Å²) in [6.07, 6.45) is 0.540. The molecule has 0 saturated heterocycles. The van der Waals surface area contributed by atoms with Crippen molar-refractivity contribution < 1.29 is 18.7 Å². The van der Waals surface area contributed by atoms with Crippen LogP contribution in [0.15, 0.2) is 18.2 Å². The highest BCUT2D eigenvalue weighted by Gasteiger charge is 2.18. The van der Waals surface area contributed by atoms with E-state index in [-0.39, 0.29) is 17.7 Å². The minimum atomic E-state index is -0.829. The van der Waals surface area contributed by atoms with Crippen molar-refractivity contribution >= 4 is 11.7 Å². The van der Waals surface area contributed by atoms with Gasteiger partial charge in [0.25, 0.3) is 0 Å². The summed E-state index contributed by atoms with van der Waals surface area (Å²) in [4.78, 5) is 11.6. The lowest BCUT2D eigenvalue weighted by molar-refractivity contribution is 0.204. The monoisotopic (exact) mass is 272 g/mol. The lowest BCUT2D eigenvalue weighted by atomic mass is 9.90. The highest BCUT2D eigenvalue weighted by molar-refractivity contribution is 5.89. The van der Waals surface area contributed by atoms with E-state index in [4.69, 9.17) is 5.11 Å². The zero-order valence-corrected chi connectivity index (χ0v) is 11.0. The van der Waals surface area contributed by atoms with Crippen molar-refractivity contribution in [3.05, 3.63) is 29.8 Å². The predicted molar refractivity (Wildman–Crippen MR) is 68.9 cm³/mol. The number of benzene rings is 1. The van der Waals surface area contributed by atoms with Crippen molar-refractivity contribution in [2.24, 2.45) is 5.41 Å². The number of rotatable bonds is 5. The summed E-state index contributed by atoms with van der Waals surface area (Å²) in [6.45, 7) is 4.15. The highest BCUT2D eigenvalue weighted by Crippen LogP contribution is 2.18. The summed E-state index contributed by atoms with van der Waals surface area (Å²) in [5.74, 6) is -1.53. The van der Waals surface area contributed by atoms with Gasteiger partial charge in [0.05, 0.1) is 5.69 Å². The van der Waals surface area contributed by atoms with Gasteiger partial charge in [0.15, 0.2) is 0 Å². The summed E-state index contributed by atoms with van der Waals surface area (Å²) in [7, 11) is 0. The molecule has 0 bridgehead atoms. The first-order valence-corrected chi connectivity index (χ1v) is 5.95. The lowest BCUT2D eigenvalue weighted by Crippen LogP contribution is -2.37. The maximum atomic E-state index is 13.3. The molecule has 0 aliphatic heterocycles. The van der Waals surface area contributed by atoms with Gasteiger partial charge >= 0.3 is 6.03 Å². The van der Waals surface area contributed by atoms with Gasteiger partial charge in [-0.05, 0) is 24.0 Å². The van der Waals surface area contributed by atoms with Gasteiger partial charge in [-0.25, -0.2) is 13.6 Å². The van der Waals surface area contributed by atoms with Crippen LogP contribution in [0.5, 0.6) is 0 Å². The average molecular weight is 272 g/mol. The molecule has 106 valence electrons. The van der Waals surface area contributed by atoms with E-state index in [2.05, 4.69) is 10.6 Å². The van der Waals surface area contributed by atoms with Crippen molar-refractivity contribution in [1.29, 1.82) is 0 Å². The van der Waals surface area contributed by atoms with Gasteiger partial charge in [0.1, 0.15) is 11.6 Å². The first kappa shape index (κ1) is 15.4. The van der Waals surface area contributed by atoms with Crippen LogP contribution >= 0.6 is 0 Å². The molecule has 0 fully saturated rings.